The van der Waals surface area contributed by atoms with Crippen LogP contribution in [0, 0.1) is 0 Å². The van der Waals surface area contributed by atoms with Gasteiger partial charge in [-0.15, -0.1) is 0 Å². The molecule has 0 N–H and O–H groups in total. The SMILES string of the molecule is Brc1cc(OCc2ccccc2)ccc1CN1CCCCC1. The lowest BCUT2D eigenvalue weighted by atomic mass is 10.1. The van der Waals surface area contributed by atoms with Crippen molar-refractivity contribution >= 4 is 15.9 Å². The second-order valence-corrected chi connectivity index (χ2v) is 6.72. The molecule has 0 saturated carbocycles. The maximum Gasteiger partial charge on any atom is 0.120 e. The van der Waals surface area contributed by atoms with Gasteiger partial charge in [-0.25, -0.2) is 0 Å². The number of nitrogens with zero attached hydrogens (tertiary/aromatic N) is 1. The minimum absolute atomic E-state index is 0.610. The quantitative estimate of drug-likeness (QED) is 0.743. The van der Waals surface area contributed by atoms with Crippen molar-refractivity contribution in [1.82, 2.24) is 4.90 Å². The molecular formula is C19H22BrNO. The fourth-order valence-electron chi connectivity index (χ4n) is 2.85. The number of hydrogen-bond donors (Lipinski definition) is 0. The van der Waals surface area contributed by atoms with Crippen LogP contribution in [-0.2, 0) is 13.2 Å². The second kappa shape index (κ2) is 7.80. The highest BCUT2D eigenvalue weighted by Gasteiger charge is 2.12. The normalized spacial score (nSPS) is 15.7. The van der Waals surface area contributed by atoms with Crippen LogP contribution < -0.4 is 4.74 Å². The molecule has 2 aromatic carbocycles. The summed E-state index contributed by atoms with van der Waals surface area (Å²) >= 11 is 3.69. The molecule has 0 atom stereocenters. The van der Waals surface area contributed by atoms with Crippen LogP contribution in [0.3, 0.4) is 0 Å². The van der Waals surface area contributed by atoms with Crippen molar-refractivity contribution in [2.75, 3.05) is 13.1 Å². The molecule has 3 heteroatoms. The van der Waals surface area contributed by atoms with Gasteiger partial charge in [-0.3, -0.25) is 4.90 Å². The maximum absolute atomic E-state index is 5.87. The van der Waals surface area contributed by atoms with Gasteiger partial charge in [-0.2, -0.15) is 0 Å². The van der Waals surface area contributed by atoms with Gasteiger partial charge in [0, 0.05) is 11.0 Å². The predicted octanol–water partition coefficient (Wildman–Crippen LogP) is 5.01. The molecule has 0 bridgehead atoms. The van der Waals surface area contributed by atoms with E-state index in [1.165, 1.54) is 43.5 Å². The van der Waals surface area contributed by atoms with Crippen LogP contribution in [0.15, 0.2) is 53.0 Å². The summed E-state index contributed by atoms with van der Waals surface area (Å²) in [5, 5.41) is 0. The average molecular weight is 360 g/mol. The third kappa shape index (κ3) is 4.34. The van der Waals surface area contributed by atoms with Crippen LogP contribution in [0.5, 0.6) is 5.75 Å². The van der Waals surface area contributed by atoms with Crippen molar-refractivity contribution in [2.45, 2.75) is 32.4 Å². The Kier molecular flexibility index (Phi) is 5.52. The van der Waals surface area contributed by atoms with Crippen LogP contribution in [0.4, 0.5) is 0 Å². The fourth-order valence-corrected chi connectivity index (χ4v) is 3.33. The largest absolute Gasteiger partial charge is 0.489 e. The molecule has 0 spiro atoms. The first-order valence-electron chi connectivity index (χ1n) is 7.99. The van der Waals surface area contributed by atoms with Crippen molar-refractivity contribution < 1.29 is 4.74 Å². The summed E-state index contributed by atoms with van der Waals surface area (Å²) in [6, 6.07) is 16.6. The van der Waals surface area contributed by atoms with E-state index in [1.807, 2.05) is 18.2 Å². The van der Waals surface area contributed by atoms with E-state index in [2.05, 4.69) is 51.2 Å². The van der Waals surface area contributed by atoms with Gasteiger partial charge in [0.2, 0.25) is 0 Å². The van der Waals surface area contributed by atoms with Crippen molar-refractivity contribution in [1.29, 1.82) is 0 Å². The van der Waals surface area contributed by atoms with Gasteiger partial charge in [0.1, 0.15) is 12.4 Å². The van der Waals surface area contributed by atoms with Crippen LogP contribution in [-0.4, -0.2) is 18.0 Å². The standard InChI is InChI=1S/C19H22BrNO/c20-19-13-18(22-15-16-7-3-1-4-8-16)10-9-17(19)14-21-11-5-2-6-12-21/h1,3-4,7-10,13H,2,5-6,11-12,14-15H2. The molecule has 116 valence electrons. The summed E-state index contributed by atoms with van der Waals surface area (Å²) in [7, 11) is 0. The number of hydrogen-bond acceptors (Lipinski definition) is 2. The Morgan fingerprint density at radius 2 is 1.73 bits per heavy atom. The Balaban J connectivity index is 1.59. The van der Waals surface area contributed by atoms with E-state index < -0.39 is 0 Å². The van der Waals surface area contributed by atoms with E-state index >= 15 is 0 Å². The van der Waals surface area contributed by atoms with Gasteiger partial charge in [0.15, 0.2) is 0 Å². The fraction of sp³-hybridized carbons (Fsp3) is 0.368. The third-order valence-corrected chi connectivity index (χ3v) is 4.85. The smallest absolute Gasteiger partial charge is 0.120 e. The summed E-state index contributed by atoms with van der Waals surface area (Å²) in [5.41, 5.74) is 2.53. The highest BCUT2D eigenvalue weighted by Crippen LogP contribution is 2.26. The first-order chi connectivity index (χ1) is 10.8. The van der Waals surface area contributed by atoms with Crippen molar-refractivity contribution in [2.24, 2.45) is 0 Å². The molecule has 1 aliphatic heterocycles. The van der Waals surface area contributed by atoms with E-state index in [4.69, 9.17) is 4.74 Å². The third-order valence-electron chi connectivity index (χ3n) is 4.12. The number of ether oxygens (including phenoxy) is 1. The van der Waals surface area contributed by atoms with E-state index in [-0.39, 0.29) is 0 Å². The predicted molar refractivity (Wildman–Crippen MR) is 94.0 cm³/mol. The molecule has 3 rings (SSSR count). The molecule has 0 aliphatic carbocycles. The lowest BCUT2D eigenvalue weighted by Gasteiger charge is -2.26. The van der Waals surface area contributed by atoms with Gasteiger partial charge in [-0.1, -0.05) is 58.7 Å². The molecule has 1 fully saturated rings. The van der Waals surface area contributed by atoms with E-state index in [1.54, 1.807) is 0 Å². The molecule has 22 heavy (non-hydrogen) atoms. The first-order valence-corrected chi connectivity index (χ1v) is 8.78. The Bertz CT molecular complexity index is 594. The molecule has 0 amide bonds. The lowest BCUT2D eigenvalue weighted by molar-refractivity contribution is 0.220. The molecule has 1 aliphatic rings. The summed E-state index contributed by atoms with van der Waals surface area (Å²) in [6.45, 7) is 4.08. The Morgan fingerprint density at radius 1 is 0.955 bits per heavy atom. The molecule has 0 aromatic heterocycles. The molecule has 2 nitrogen and oxygen atoms in total. The molecule has 0 radical (unpaired) electrons. The van der Waals surface area contributed by atoms with E-state index in [9.17, 15) is 0 Å². The molecule has 0 unspecified atom stereocenters. The summed E-state index contributed by atoms with van der Waals surface area (Å²) in [4.78, 5) is 2.54. The second-order valence-electron chi connectivity index (χ2n) is 5.86. The van der Waals surface area contributed by atoms with Gasteiger partial charge >= 0.3 is 0 Å². The minimum atomic E-state index is 0.610. The zero-order valence-electron chi connectivity index (χ0n) is 12.8. The molecular weight excluding hydrogens is 338 g/mol. The number of piperidine rings is 1. The monoisotopic (exact) mass is 359 g/mol. The molecule has 2 aromatic rings. The van der Waals surface area contributed by atoms with Crippen molar-refractivity contribution in [3.05, 3.63) is 64.1 Å². The van der Waals surface area contributed by atoms with Crippen LogP contribution in [0.1, 0.15) is 30.4 Å². The van der Waals surface area contributed by atoms with Crippen LogP contribution in [0.2, 0.25) is 0 Å². The van der Waals surface area contributed by atoms with Gasteiger partial charge < -0.3 is 4.74 Å². The minimum Gasteiger partial charge on any atom is -0.489 e. The summed E-state index contributed by atoms with van der Waals surface area (Å²) in [5.74, 6) is 0.915. The van der Waals surface area contributed by atoms with E-state index in [0.717, 1.165) is 16.8 Å². The Hall–Kier alpha value is -1.32. The molecule has 1 saturated heterocycles. The first kappa shape index (κ1) is 15.6. The van der Waals surface area contributed by atoms with Crippen molar-refractivity contribution in [3.63, 3.8) is 0 Å². The van der Waals surface area contributed by atoms with Crippen LogP contribution in [0.25, 0.3) is 0 Å². The Labute approximate surface area is 141 Å². The van der Waals surface area contributed by atoms with Crippen molar-refractivity contribution in [3.8, 4) is 5.75 Å². The number of rotatable bonds is 5. The van der Waals surface area contributed by atoms with Gasteiger partial charge in [-0.05, 0) is 49.2 Å². The zero-order valence-corrected chi connectivity index (χ0v) is 14.4. The molecule has 1 heterocycles. The van der Waals surface area contributed by atoms with Gasteiger partial charge in [0.25, 0.3) is 0 Å². The average Bonchev–Trinajstić information content (AvgIpc) is 2.57. The number of likely N-dealkylation sites (tertiary alicyclic amines) is 1. The van der Waals surface area contributed by atoms with Crippen LogP contribution >= 0.6 is 15.9 Å². The maximum atomic E-state index is 5.87. The lowest BCUT2D eigenvalue weighted by Crippen LogP contribution is -2.29. The van der Waals surface area contributed by atoms with E-state index in [0.29, 0.717) is 6.61 Å². The zero-order chi connectivity index (χ0) is 15.2. The highest BCUT2D eigenvalue weighted by molar-refractivity contribution is 9.10. The highest BCUT2D eigenvalue weighted by atomic mass is 79.9. The topological polar surface area (TPSA) is 12.5 Å². The Morgan fingerprint density at radius 3 is 2.45 bits per heavy atom. The number of benzene rings is 2. The number of halogens is 1. The summed E-state index contributed by atoms with van der Waals surface area (Å²) in [6.07, 6.45) is 4.04. The summed E-state index contributed by atoms with van der Waals surface area (Å²) < 4.78 is 7.02. The van der Waals surface area contributed by atoms with Gasteiger partial charge in [0.05, 0.1) is 0 Å².